The van der Waals surface area contributed by atoms with Crippen molar-refractivity contribution in [2.75, 3.05) is 17.2 Å². The number of piperidine rings is 1. The molecule has 1 aromatic heterocycles. The SMILES string of the molecule is CC[C@@H]1CCCCN1c1cc(N)nc(C)n1. The van der Waals surface area contributed by atoms with E-state index < -0.39 is 0 Å². The highest BCUT2D eigenvalue weighted by Gasteiger charge is 2.22. The first-order chi connectivity index (χ1) is 7.70. The lowest BCUT2D eigenvalue weighted by Gasteiger charge is -2.36. The lowest BCUT2D eigenvalue weighted by Crippen LogP contribution is -2.39. The lowest BCUT2D eigenvalue weighted by molar-refractivity contribution is 0.446. The van der Waals surface area contributed by atoms with Crippen LogP contribution in [0.4, 0.5) is 11.6 Å². The molecule has 4 heteroatoms. The number of rotatable bonds is 2. The molecule has 0 radical (unpaired) electrons. The van der Waals surface area contributed by atoms with Crippen molar-refractivity contribution in [2.45, 2.75) is 45.6 Å². The fourth-order valence-electron chi connectivity index (χ4n) is 2.45. The van der Waals surface area contributed by atoms with Crippen molar-refractivity contribution < 1.29 is 0 Å². The Bertz CT molecular complexity index is 344. The summed E-state index contributed by atoms with van der Waals surface area (Å²) in [5.74, 6) is 2.33. The minimum atomic E-state index is 0.572. The monoisotopic (exact) mass is 220 g/mol. The molecule has 2 heterocycles. The second kappa shape index (κ2) is 4.68. The third kappa shape index (κ3) is 2.26. The van der Waals surface area contributed by atoms with Crippen molar-refractivity contribution in [1.82, 2.24) is 9.97 Å². The van der Waals surface area contributed by atoms with E-state index in [1.807, 2.05) is 13.0 Å². The molecule has 0 aliphatic carbocycles. The molecule has 0 amide bonds. The van der Waals surface area contributed by atoms with Crippen molar-refractivity contribution in [3.8, 4) is 0 Å². The molecular weight excluding hydrogens is 200 g/mol. The number of nitrogens with zero attached hydrogens (tertiary/aromatic N) is 3. The highest BCUT2D eigenvalue weighted by atomic mass is 15.2. The van der Waals surface area contributed by atoms with Gasteiger partial charge in [0, 0.05) is 18.7 Å². The summed E-state index contributed by atoms with van der Waals surface area (Å²) in [4.78, 5) is 11.0. The van der Waals surface area contributed by atoms with E-state index in [0.717, 1.165) is 18.2 Å². The maximum atomic E-state index is 5.78. The van der Waals surface area contributed by atoms with Crippen LogP contribution in [-0.4, -0.2) is 22.6 Å². The van der Waals surface area contributed by atoms with Crippen LogP contribution >= 0.6 is 0 Å². The Morgan fingerprint density at radius 3 is 2.94 bits per heavy atom. The van der Waals surface area contributed by atoms with E-state index in [0.29, 0.717) is 11.9 Å². The zero-order valence-electron chi connectivity index (χ0n) is 10.1. The van der Waals surface area contributed by atoms with Gasteiger partial charge in [0.15, 0.2) is 0 Å². The van der Waals surface area contributed by atoms with Gasteiger partial charge in [0.05, 0.1) is 0 Å². The van der Waals surface area contributed by atoms with Gasteiger partial charge in [0.1, 0.15) is 17.5 Å². The van der Waals surface area contributed by atoms with E-state index in [1.165, 1.54) is 25.7 Å². The molecule has 4 nitrogen and oxygen atoms in total. The standard InChI is InChI=1S/C12H20N4/c1-3-10-6-4-5-7-16(10)12-8-11(13)14-9(2)15-12/h8,10H,3-7H2,1-2H3,(H2,13,14,15)/t10-/m1/s1. The smallest absolute Gasteiger partial charge is 0.134 e. The minimum Gasteiger partial charge on any atom is -0.384 e. The highest BCUT2D eigenvalue weighted by molar-refractivity contribution is 5.48. The molecule has 0 unspecified atom stereocenters. The Kier molecular flexibility index (Phi) is 3.27. The van der Waals surface area contributed by atoms with Crippen LogP contribution in [0.2, 0.25) is 0 Å². The van der Waals surface area contributed by atoms with Gasteiger partial charge in [-0.3, -0.25) is 0 Å². The van der Waals surface area contributed by atoms with Crippen LogP contribution in [0.15, 0.2) is 6.07 Å². The van der Waals surface area contributed by atoms with Crippen LogP contribution in [0.5, 0.6) is 0 Å². The van der Waals surface area contributed by atoms with E-state index in [2.05, 4.69) is 21.8 Å². The second-order valence-electron chi connectivity index (χ2n) is 4.45. The quantitative estimate of drug-likeness (QED) is 0.829. The molecular formula is C12H20N4. The third-order valence-corrected chi connectivity index (χ3v) is 3.24. The Labute approximate surface area is 96.9 Å². The first-order valence-corrected chi connectivity index (χ1v) is 6.08. The Morgan fingerprint density at radius 2 is 2.25 bits per heavy atom. The summed E-state index contributed by atoms with van der Waals surface area (Å²) in [7, 11) is 0. The molecule has 0 bridgehead atoms. The van der Waals surface area contributed by atoms with Gasteiger partial charge in [0.25, 0.3) is 0 Å². The predicted octanol–water partition coefficient (Wildman–Crippen LogP) is 2.14. The molecule has 0 spiro atoms. The van der Waals surface area contributed by atoms with Crippen molar-refractivity contribution >= 4 is 11.6 Å². The molecule has 1 saturated heterocycles. The summed E-state index contributed by atoms with van der Waals surface area (Å²) >= 11 is 0. The lowest BCUT2D eigenvalue weighted by atomic mass is 10.00. The molecule has 2 rings (SSSR count). The normalized spacial score (nSPS) is 21.1. The number of hydrogen-bond acceptors (Lipinski definition) is 4. The average molecular weight is 220 g/mol. The minimum absolute atomic E-state index is 0.572. The van der Waals surface area contributed by atoms with E-state index in [9.17, 15) is 0 Å². The van der Waals surface area contributed by atoms with Crippen LogP contribution < -0.4 is 10.6 Å². The number of nitrogen functional groups attached to an aromatic ring is 1. The molecule has 0 saturated carbocycles. The van der Waals surface area contributed by atoms with Crippen LogP contribution in [0.1, 0.15) is 38.4 Å². The molecule has 88 valence electrons. The Morgan fingerprint density at radius 1 is 1.44 bits per heavy atom. The highest BCUT2D eigenvalue weighted by Crippen LogP contribution is 2.25. The first kappa shape index (κ1) is 11.2. The van der Waals surface area contributed by atoms with Crippen molar-refractivity contribution in [2.24, 2.45) is 0 Å². The maximum absolute atomic E-state index is 5.78. The molecule has 16 heavy (non-hydrogen) atoms. The van der Waals surface area contributed by atoms with Crippen LogP contribution in [0.3, 0.4) is 0 Å². The molecule has 1 aromatic rings. The van der Waals surface area contributed by atoms with E-state index in [4.69, 9.17) is 5.73 Å². The van der Waals surface area contributed by atoms with E-state index >= 15 is 0 Å². The molecule has 0 aromatic carbocycles. The maximum Gasteiger partial charge on any atom is 0.134 e. The summed E-state index contributed by atoms with van der Waals surface area (Å²) in [6, 6.07) is 2.50. The predicted molar refractivity (Wildman–Crippen MR) is 66.5 cm³/mol. The molecule has 2 N–H and O–H groups in total. The van der Waals surface area contributed by atoms with Gasteiger partial charge in [0.2, 0.25) is 0 Å². The van der Waals surface area contributed by atoms with Gasteiger partial charge in [-0.25, -0.2) is 9.97 Å². The van der Waals surface area contributed by atoms with Crippen LogP contribution in [0, 0.1) is 6.92 Å². The zero-order valence-corrected chi connectivity index (χ0v) is 10.1. The molecule has 1 fully saturated rings. The summed E-state index contributed by atoms with van der Waals surface area (Å²) in [5.41, 5.74) is 5.78. The van der Waals surface area contributed by atoms with Gasteiger partial charge >= 0.3 is 0 Å². The van der Waals surface area contributed by atoms with Crippen molar-refractivity contribution in [3.05, 3.63) is 11.9 Å². The largest absolute Gasteiger partial charge is 0.384 e. The Hall–Kier alpha value is -1.32. The molecule has 1 aliphatic rings. The number of hydrogen-bond donors (Lipinski definition) is 1. The van der Waals surface area contributed by atoms with Gasteiger partial charge < -0.3 is 10.6 Å². The number of nitrogens with two attached hydrogens (primary N) is 1. The Balaban J connectivity index is 2.26. The first-order valence-electron chi connectivity index (χ1n) is 6.08. The van der Waals surface area contributed by atoms with Gasteiger partial charge in [-0.05, 0) is 32.6 Å². The van der Waals surface area contributed by atoms with E-state index in [1.54, 1.807) is 0 Å². The molecule has 1 atom stereocenters. The molecule has 1 aliphatic heterocycles. The number of aryl methyl sites for hydroxylation is 1. The third-order valence-electron chi connectivity index (χ3n) is 3.24. The average Bonchev–Trinajstić information content (AvgIpc) is 2.27. The zero-order chi connectivity index (χ0) is 11.5. The number of anilines is 2. The van der Waals surface area contributed by atoms with Gasteiger partial charge in [-0.15, -0.1) is 0 Å². The van der Waals surface area contributed by atoms with Crippen LogP contribution in [-0.2, 0) is 0 Å². The summed E-state index contributed by atoms with van der Waals surface area (Å²) < 4.78 is 0. The summed E-state index contributed by atoms with van der Waals surface area (Å²) in [5, 5.41) is 0. The van der Waals surface area contributed by atoms with E-state index in [-0.39, 0.29) is 0 Å². The van der Waals surface area contributed by atoms with Crippen LogP contribution in [0.25, 0.3) is 0 Å². The van der Waals surface area contributed by atoms with Crippen molar-refractivity contribution in [1.29, 1.82) is 0 Å². The van der Waals surface area contributed by atoms with Gasteiger partial charge in [-0.2, -0.15) is 0 Å². The number of aromatic nitrogens is 2. The topological polar surface area (TPSA) is 55.0 Å². The second-order valence-corrected chi connectivity index (χ2v) is 4.45. The van der Waals surface area contributed by atoms with Crippen molar-refractivity contribution in [3.63, 3.8) is 0 Å². The summed E-state index contributed by atoms with van der Waals surface area (Å²) in [6.45, 7) is 5.22. The fraction of sp³-hybridized carbons (Fsp3) is 0.667. The van der Waals surface area contributed by atoms with Gasteiger partial charge in [-0.1, -0.05) is 6.92 Å². The fourth-order valence-corrected chi connectivity index (χ4v) is 2.45. The summed E-state index contributed by atoms with van der Waals surface area (Å²) in [6.07, 6.45) is 5.01.